The van der Waals surface area contributed by atoms with Crippen LogP contribution in [-0.4, -0.2) is 67.8 Å². The Labute approximate surface area is 109 Å². The van der Waals surface area contributed by atoms with Crippen molar-refractivity contribution in [2.24, 2.45) is 5.92 Å². The first kappa shape index (κ1) is 13.8. The van der Waals surface area contributed by atoms with Gasteiger partial charge in [0.2, 0.25) is 5.91 Å². The molecule has 2 heterocycles. The summed E-state index contributed by atoms with van der Waals surface area (Å²) < 4.78 is 5.75. The van der Waals surface area contributed by atoms with E-state index >= 15 is 0 Å². The number of rotatable bonds is 4. The van der Waals surface area contributed by atoms with Crippen molar-refractivity contribution in [3.05, 3.63) is 0 Å². The van der Waals surface area contributed by atoms with Crippen molar-refractivity contribution >= 4 is 5.91 Å². The van der Waals surface area contributed by atoms with Crippen molar-refractivity contribution < 1.29 is 9.53 Å². The van der Waals surface area contributed by atoms with Gasteiger partial charge < -0.3 is 14.5 Å². The number of carbonyl (C=O) groups excluding carboxylic acids is 1. The molecule has 2 unspecified atom stereocenters. The topological polar surface area (TPSA) is 44.8 Å². The van der Waals surface area contributed by atoms with Crippen molar-refractivity contribution in [1.82, 2.24) is 15.1 Å². The smallest absolute Gasteiger partial charge is 0.237 e. The molecule has 104 valence electrons. The van der Waals surface area contributed by atoms with Gasteiger partial charge in [-0.2, -0.15) is 0 Å². The fraction of sp³-hybridized carbons (Fsp3) is 0.923. The van der Waals surface area contributed by atoms with Gasteiger partial charge in [-0.15, -0.1) is 0 Å². The molecule has 0 saturated carbocycles. The van der Waals surface area contributed by atoms with Crippen LogP contribution in [0.25, 0.3) is 0 Å². The minimum atomic E-state index is 0.155. The highest BCUT2D eigenvalue weighted by molar-refractivity contribution is 5.80. The van der Waals surface area contributed by atoms with E-state index in [0.717, 1.165) is 26.1 Å². The highest BCUT2D eigenvalue weighted by Crippen LogP contribution is 2.16. The molecule has 0 aliphatic carbocycles. The predicted molar refractivity (Wildman–Crippen MR) is 70.2 cm³/mol. The average Bonchev–Trinajstić information content (AvgIpc) is 2.61. The lowest BCUT2D eigenvalue weighted by Crippen LogP contribution is -2.49. The summed E-state index contributed by atoms with van der Waals surface area (Å²) in [5.41, 5.74) is 0. The Morgan fingerprint density at radius 2 is 2.28 bits per heavy atom. The van der Waals surface area contributed by atoms with E-state index < -0.39 is 0 Å². The summed E-state index contributed by atoms with van der Waals surface area (Å²) in [6.45, 7) is 8.23. The molecule has 2 aliphatic rings. The predicted octanol–water partition coefficient (Wildman–Crippen LogP) is 0.121. The maximum Gasteiger partial charge on any atom is 0.237 e. The van der Waals surface area contributed by atoms with Crippen LogP contribution in [0.4, 0.5) is 0 Å². The lowest BCUT2D eigenvalue weighted by atomic mass is 10.1. The zero-order chi connectivity index (χ0) is 13.1. The molecule has 1 amide bonds. The Morgan fingerprint density at radius 1 is 1.50 bits per heavy atom. The molecule has 0 aromatic rings. The van der Waals surface area contributed by atoms with E-state index in [0.29, 0.717) is 19.0 Å². The summed E-state index contributed by atoms with van der Waals surface area (Å²) >= 11 is 0. The molecule has 0 spiro atoms. The number of amides is 1. The largest absolute Gasteiger partial charge is 0.374 e. The molecule has 1 N–H and O–H groups in total. The first-order chi connectivity index (χ1) is 8.56. The fourth-order valence-electron chi connectivity index (χ4n) is 2.67. The third-order valence-corrected chi connectivity index (χ3v) is 3.62. The van der Waals surface area contributed by atoms with Gasteiger partial charge in [0.25, 0.3) is 0 Å². The van der Waals surface area contributed by atoms with Crippen LogP contribution in [0.5, 0.6) is 0 Å². The highest BCUT2D eigenvalue weighted by Gasteiger charge is 2.33. The molecule has 0 aromatic carbocycles. The van der Waals surface area contributed by atoms with Gasteiger partial charge in [-0.25, -0.2) is 0 Å². The Hall–Kier alpha value is -0.650. The van der Waals surface area contributed by atoms with Crippen molar-refractivity contribution in [3.63, 3.8) is 0 Å². The van der Waals surface area contributed by atoms with Gasteiger partial charge in [0.15, 0.2) is 0 Å². The van der Waals surface area contributed by atoms with Crippen LogP contribution in [0.1, 0.15) is 20.3 Å². The highest BCUT2D eigenvalue weighted by atomic mass is 16.5. The Bertz CT molecular complexity index is 296. The van der Waals surface area contributed by atoms with Crippen LogP contribution in [-0.2, 0) is 9.53 Å². The van der Waals surface area contributed by atoms with E-state index in [1.807, 2.05) is 4.90 Å². The van der Waals surface area contributed by atoms with E-state index in [1.165, 1.54) is 0 Å². The molecule has 0 bridgehead atoms. The number of morpholine rings is 1. The summed E-state index contributed by atoms with van der Waals surface area (Å²) in [6, 6.07) is 0. The summed E-state index contributed by atoms with van der Waals surface area (Å²) in [4.78, 5) is 16.1. The number of likely N-dealkylation sites (N-methyl/N-ethyl adjacent to an activating group) is 1. The van der Waals surface area contributed by atoms with Gasteiger partial charge in [0.1, 0.15) is 0 Å². The van der Waals surface area contributed by atoms with Crippen LogP contribution in [0.3, 0.4) is 0 Å². The maximum absolute atomic E-state index is 11.9. The summed E-state index contributed by atoms with van der Waals surface area (Å²) in [6.07, 6.45) is 1.35. The lowest BCUT2D eigenvalue weighted by Gasteiger charge is -2.34. The van der Waals surface area contributed by atoms with E-state index in [2.05, 4.69) is 31.1 Å². The normalized spacial score (nSPS) is 30.4. The minimum Gasteiger partial charge on any atom is -0.374 e. The summed E-state index contributed by atoms with van der Waals surface area (Å²) in [5.74, 6) is 0.795. The molecular formula is C13H25N3O2. The fourth-order valence-corrected chi connectivity index (χ4v) is 2.67. The number of nitrogens with zero attached hydrogens (tertiary/aromatic N) is 2. The first-order valence-corrected chi connectivity index (χ1v) is 6.89. The second-order valence-corrected chi connectivity index (χ2v) is 5.83. The second-order valence-electron chi connectivity index (χ2n) is 5.83. The van der Waals surface area contributed by atoms with E-state index in [4.69, 9.17) is 4.74 Å². The Kier molecular flexibility index (Phi) is 4.59. The van der Waals surface area contributed by atoms with E-state index in [1.54, 1.807) is 0 Å². The minimum absolute atomic E-state index is 0.155. The van der Waals surface area contributed by atoms with Gasteiger partial charge in [0, 0.05) is 19.6 Å². The number of nitrogens with one attached hydrogen (secondary N) is 1. The molecule has 0 radical (unpaired) electrons. The molecule has 2 atom stereocenters. The van der Waals surface area contributed by atoms with Gasteiger partial charge in [-0.3, -0.25) is 10.1 Å². The molecule has 5 heteroatoms. The standard InChI is InChI=1S/C13H25N3O2/c1-10(2)6-12-14-7-13(17)16(12)9-11-8-15(3)4-5-18-11/h10-12,14H,4-9H2,1-3H3. The van der Waals surface area contributed by atoms with E-state index in [9.17, 15) is 4.79 Å². The number of carbonyl (C=O) groups is 1. The maximum atomic E-state index is 11.9. The monoisotopic (exact) mass is 255 g/mol. The average molecular weight is 255 g/mol. The van der Waals surface area contributed by atoms with E-state index in [-0.39, 0.29) is 18.2 Å². The molecule has 2 fully saturated rings. The van der Waals surface area contributed by atoms with Gasteiger partial charge in [0.05, 0.1) is 25.4 Å². The SMILES string of the molecule is CC(C)CC1NCC(=O)N1CC1CN(C)CCO1. The zero-order valence-electron chi connectivity index (χ0n) is 11.7. The molecule has 2 saturated heterocycles. The number of hydrogen-bond acceptors (Lipinski definition) is 4. The molecule has 0 aromatic heterocycles. The van der Waals surface area contributed by atoms with Crippen LogP contribution in [0, 0.1) is 5.92 Å². The van der Waals surface area contributed by atoms with Crippen molar-refractivity contribution in [2.45, 2.75) is 32.5 Å². The molecule has 5 nitrogen and oxygen atoms in total. The molecule has 18 heavy (non-hydrogen) atoms. The van der Waals surface area contributed by atoms with Gasteiger partial charge in [-0.1, -0.05) is 13.8 Å². The summed E-state index contributed by atoms with van der Waals surface area (Å²) in [5, 5.41) is 3.30. The van der Waals surface area contributed by atoms with Crippen LogP contribution >= 0.6 is 0 Å². The zero-order valence-corrected chi connectivity index (χ0v) is 11.7. The number of ether oxygens (including phenoxy) is 1. The molecule has 2 rings (SSSR count). The van der Waals surface area contributed by atoms with Gasteiger partial charge in [-0.05, 0) is 19.4 Å². The third kappa shape index (κ3) is 3.43. The van der Waals surface area contributed by atoms with Gasteiger partial charge >= 0.3 is 0 Å². The first-order valence-electron chi connectivity index (χ1n) is 6.89. The second kappa shape index (κ2) is 5.99. The van der Waals surface area contributed by atoms with Crippen LogP contribution in [0.2, 0.25) is 0 Å². The summed E-state index contributed by atoms with van der Waals surface area (Å²) in [7, 11) is 2.10. The Balaban J connectivity index is 1.90. The van der Waals surface area contributed by atoms with Crippen LogP contribution in [0.15, 0.2) is 0 Å². The molecule has 2 aliphatic heterocycles. The third-order valence-electron chi connectivity index (χ3n) is 3.62. The quantitative estimate of drug-likeness (QED) is 0.775. The van der Waals surface area contributed by atoms with Crippen molar-refractivity contribution in [1.29, 1.82) is 0 Å². The Morgan fingerprint density at radius 3 is 2.94 bits per heavy atom. The number of hydrogen-bond donors (Lipinski definition) is 1. The molecular weight excluding hydrogens is 230 g/mol. The van der Waals surface area contributed by atoms with Crippen molar-refractivity contribution in [2.75, 3.05) is 39.8 Å². The lowest BCUT2D eigenvalue weighted by molar-refractivity contribution is -0.131. The van der Waals surface area contributed by atoms with Crippen LogP contribution < -0.4 is 5.32 Å². The van der Waals surface area contributed by atoms with Crippen molar-refractivity contribution in [3.8, 4) is 0 Å².